The van der Waals surface area contributed by atoms with Gasteiger partial charge in [-0.05, 0) is 18.4 Å². The Morgan fingerprint density at radius 1 is 1.20 bits per heavy atom. The molecule has 10 heavy (non-hydrogen) atoms. The zero-order chi connectivity index (χ0) is 7.30. The molecule has 1 nitrogen and oxygen atoms in total. The van der Waals surface area contributed by atoms with Crippen LogP contribution in [0.15, 0.2) is 11.3 Å². The topological polar surface area (TPSA) is 9.23 Å². The van der Waals surface area contributed by atoms with Crippen molar-refractivity contribution in [3.8, 4) is 0 Å². The lowest BCUT2D eigenvalue weighted by molar-refractivity contribution is 0.125. The Hall–Kier alpha value is -0.460. The standard InChI is InChI=1S/C9H14O/c1-5-4-8-6(2)7(3)9(8)10-5/h5-7H,4H2,1-3H3/t5-,6?,7?/m0/s1. The summed E-state index contributed by atoms with van der Waals surface area (Å²) in [4.78, 5) is 0. The second-order valence-electron chi connectivity index (χ2n) is 3.60. The number of allylic oxidation sites excluding steroid dienone is 1. The summed E-state index contributed by atoms with van der Waals surface area (Å²) in [5.74, 6) is 2.79. The van der Waals surface area contributed by atoms with E-state index in [0.717, 1.165) is 5.92 Å². The van der Waals surface area contributed by atoms with E-state index >= 15 is 0 Å². The summed E-state index contributed by atoms with van der Waals surface area (Å²) in [7, 11) is 0. The molecule has 1 aliphatic heterocycles. The maximum atomic E-state index is 5.62. The van der Waals surface area contributed by atoms with Crippen LogP contribution in [0, 0.1) is 11.8 Å². The van der Waals surface area contributed by atoms with E-state index in [1.165, 1.54) is 12.2 Å². The predicted molar refractivity (Wildman–Crippen MR) is 40.5 cm³/mol. The first kappa shape index (κ1) is 6.26. The van der Waals surface area contributed by atoms with Gasteiger partial charge in [-0.2, -0.15) is 0 Å². The molecule has 1 heteroatoms. The van der Waals surface area contributed by atoms with Crippen LogP contribution in [0.2, 0.25) is 0 Å². The molecular formula is C9H14O. The maximum Gasteiger partial charge on any atom is 0.0994 e. The van der Waals surface area contributed by atoms with Crippen molar-refractivity contribution in [1.82, 2.24) is 0 Å². The van der Waals surface area contributed by atoms with E-state index in [1.54, 1.807) is 5.57 Å². The molecule has 0 radical (unpaired) electrons. The molecule has 0 amide bonds. The predicted octanol–water partition coefficient (Wildman–Crippen LogP) is 2.34. The first-order chi connectivity index (χ1) is 4.70. The van der Waals surface area contributed by atoms with Gasteiger partial charge in [-0.3, -0.25) is 0 Å². The number of hydrogen-bond acceptors (Lipinski definition) is 1. The fourth-order valence-corrected chi connectivity index (χ4v) is 1.99. The van der Waals surface area contributed by atoms with Gasteiger partial charge in [0.1, 0.15) is 0 Å². The van der Waals surface area contributed by atoms with Crippen LogP contribution in [0.25, 0.3) is 0 Å². The minimum atomic E-state index is 0.456. The van der Waals surface area contributed by atoms with E-state index < -0.39 is 0 Å². The van der Waals surface area contributed by atoms with Crippen LogP contribution in [0.3, 0.4) is 0 Å². The van der Waals surface area contributed by atoms with Crippen molar-refractivity contribution < 1.29 is 4.74 Å². The Balaban J connectivity index is 2.19. The number of ether oxygens (including phenoxy) is 1. The molecule has 2 rings (SSSR count). The van der Waals surface area contributed by atoms with Crippen molar-refractivity contribution in [2.75, 3.05) is 0 Å². The van der Waals surface area contributed by atoms with Gasteiger partial charge in [0.2, 0.25) is 0 Å². The molecule has 0 saturated carbocycles. The summed E-state index contributed by atoms with van der Waals surface area (Å²) >= 11 is 0. The van der Waals surface area contributed by atoms with Gasteiger partial charge in [0.25, 0.3) is 0 Å². The van der Waals surface area contributed by atoms with E-state index in [1.807, 2.05) is 0 Å². The van der Waals surface area contributed by atoms with Gasteiger partial charge >= 0.3 is 0 Å². The van der Waals surface area contributed by atoms with Crippen molar-refractivity contribution in [3.05, 3.63) is 11.3 Å². The monoisotopic (exact) mass is 138 g/mol. The third kappa shape index (κ3) is 0.582. The van der Waals surface area contributed by atoms with Crippen LogP contribution in [-0.4, -0.2) is 6.10 Å². The average molecular weight is 138 g/mol. The van der Waals surface area contributed by atoms with Gasteiger partial charge in [-0.15, -0.1) is 0 Å². The second-order valence-corrected chi connectivity index (χ2v) is 3.60. The SMILES string of the molecule is CC1C2=C(O[C@@H](C)C2)C1C. The summed E-state index contributed by atoms with van der Waals surface area (Å²) in [5.41, 5.74) is 1.58. The Morgan fingerprint density at radius 3 is 2.50 bits per heavy atom. The molecule has 1 aliphatic carbocycles. The van der Waals surface area contributed by atoms with Gasteiger partial charge in [0.05, 0.1) is 11.9 Å². The lowest BCUT2D eigenvalue weighted by atomic mass is 9.74. The number of hydrogen-bond donors (Lipinski definition) is 0. The molecule has 1 heterocycles. The fraction of sp³-hybridized carbons (Fsp3) is 0.778. The summed E-state index contributed by atoms with van der Waals surface area (Å²) in [5, 5.41) is 0. The molecule has 0 saturated heterocycles. The summed E-state index contributed by atoms with van der Waals surface area (Å²) < 4.78 is 5.62. The third-order valence-electron chi connectivity index (χ3n) is 2.87. The lowest BCUT2D eigenvalue weighted by Crippen LogP contribution is -2.23. The van der Waals surface area contributed by atoms with Gasteiger partial charge in [-0.25, -0.2) is 0 Å². The van der Waals surface area contributed by atoms with E-state index in [9.17, 15) is 0 Å². The highest BCUT2D eigenvalue weighted by Crippen LogP contribution is 2.48. The molecule has 2 aliphatic rings. The quantitative estimate of drug-likeness (QED) is 0.499. The molecule has 0 spiro atoms. The molecular weight excluding hydrogens is 124 g/mol. The largest absolute Gasteiger partial charge is 0.494 e. The highest BCUT2D eigenvalue weighted by molar-refractivity contribution is 5.30. The van der Waals surface area contributed by atoms with Crippen LogP contribution < -0.4 is 0 Å². The van der Waals surface area contributed by atoms with Crippen LogP contribution in [-0.2, 0) is 4.74 Å². The van der Waals surface area contributed by atoms with Gasteiger partial charge < -0.3 is 4.74 Å². The molecule has 0 aromatic rings. The van der Waals surface area contributed by atoms with E-state index in [-0.39, 0.29) is 0 Å². The fourth-order valence-electron chi connectivity index (χ4n) is 1.99. The lowest BCUT2D eigenvalue weighted by Gasteiger charge is -2.31. The number of rotatable bonds is 0. The van der Waals surface area contributed by atoms with Crippen LogP contribution in [0.4, 0.5) is 0 Å². The molecule has 56 valence electrons. The summed E-state index contributed by atoms with van der Waals surface area (Å²) in [6, 6.07) is 0. The minimum absolute atomic E-state index is 0.456. The molecule has 2 unspecified atom stereocenters. The smallest absolute Gasteiger partial charge is 0.0994 e. The van der Waals surface area contributed by atoms with E-state index in [4.69, 9.17) is 4.74 Å². The van der Waals surface area contributed by atoms with Crippen molar-refractivity contribution >= 4 is 0 Å². The molecule has 0 N–H and O–H groups in total. The van der Waals surface area contributed by atoms with Gasteiger partial charge in [0, 0.05) is 12.3 Å². The molecule has 0 fully saturated rings. The van der Waals surface area contributed by atoms with Crippen LogP contribution in [0.5, 0.6) is 0 Å². The zero-order valence-corrected chi connectivity index (χ0v) is 6.85. The van der Waals surface area contributed by atoms with Crippen molar-refractivity contribution in [1.29, 1.82) is 0 Å². The Morgan fingerprint density at radius 2 is 1.90 bits per heavy atom. The van der Waals surface area contributed by atoms with E-state index in [0.29, 0.717) is 12.0 Å². The Labute approximate surface area is 62.1 Å². The minimum Gasteiger partial charge on any atom is -0.494 e. The zero-order valence-electron chi connectivity index (χ0n) is 6.85. The van der Waals surface area contributed by atoms with Crippen molar-refractivity contribution in [2.45, 2.75) is 33.3 Å². The Bertz CT molecular complexity index is 173. The first-order valence-corrected chi connectivity index (χ1v) is 4.09. The van der Waals surface area contributed by atoms with Crippen molar-refractivity contribution in [2.24, 2.45) is 11.8 Å². The average Bonchev–Trinajstić information content (AvgIpc) is 2.27. The van der Waals surface area contributed by atoms with E-state index in [2.05, 4.69) is 20.8 Å². The second kappa shape index (κ2) is 1.77. The van der Waals surface area contributed by atoms with Crippen molar-refractivity contribution in [3.63, 3.8) is 0 Å². The van der Waals surface area contributed by atoms with Crippen LogP contribution in [0.1, 0.15) is 27.2 Å². The highest BCUT2D eigenvalue weighted by Gasteiger charge is 2.40. The highest BCUT2D eigenvalue weighted by atomic mass is 16.5. The molecule has 0 aromatic heterocycles. The van der Waals surface area contributed by atoms with Crippen LogP contribution >= 0.6 is 0 Å². The maximum absolute atomic E-state index is 5.62. The molecule has 3 atom stereocenters. The molecule has 0 bridgehead atoms. The van der Waals surface area contributed by atoms with Gasteiger partial charge in [0.15, 0.2) is 0 Å². The van der Waals surface area contributed by atoms with Gasteiger partial charge in [-0.1, -0.05) is 13.8 Å². The third-order valence-corrected chi connectivity index (χ3v) is 2.87. The Kier molecular flexibility index (Phi) is 1.11. The summed E-state index contributed by atoms with van der Waals surface area (Å²) in [6.45, 7) is 6.70. The first-order valence-electron chi connectivity index (χ1n) is 4.09. The molecule has 0 aromatic carbocycles. The normalized spacial score (nSPS) is 44.5. The summed E-state index contributed by atoms with van der Waals surface area (Å²) in [6.07, 6.45) is 1.64.